The van der Waals surface area contributed by atoms with Crippen molar-refractivity contribution in [2.45, 2.75) is 64.7 Å². The van der Waals surface area contributed by atoms with Gasteiger partial charge < -0.3 is 0 Å². The highest BCUT2D eigenvalue weighted by molar-refractivity contribution is 5.59. The highest BCUT2D eigenvalue weighted by atomic mass is 14.4. The Balaban J connectivity index is 2.61. The minimum absolute atomic E-state index is 0.297. The van der Waals surface area contributed by atoms with Gasteiger partial charge in [-0.1, -0.05) is 52.0 Å². The first-order valence-corrected chi connectivity index (χ1v) is 7.39. The molecule has 0 heterocycles. The van der Waals surface area contributed by atoms with E-state index in [-0.39, 0.29) is 0 Å². The summed E-state index contributed by atoms with van der Waals surface area (Å²) < 4.78 is 0. The van der Waals surface area contributed by atoms with Gasteiger partial charge in [0.15, 0.2) is 0 Å². The maximum Gasteiger partial charge on any atom is -0.0100 e. The van der Waals surface area contributed by atoms with Crippen LogP contribution in [0.3, 0.4) is 0 Å². The summed E-state index contributed by atoms with van der Waals surface area (Å²) in [6.07, 6.45) is 7.77. The van der Waals surface area contributed by atoms with E-state index in [4.69, 9.17) is 0 Å². The zero-order valence-corrected chi connectivity index (χ0v) is 13.1. The molecule has 0 heteroatoms. The average molecular weight is 255 g/mol. The predicted molar refractivity (Wildman–Crippen MR) is 85.5 cm³/mol. The lowest BCUT2D eigenvalue weighted by atomic mass is 9.62. The molecule has 0 saturated heterocycles. The molecule has 0 bridgehead atoms. The standard InChI is InChI=1S/C19H27/c1-7-8-9-15-13-17-16(12-14(15)2)18(3,4)10-11-19(17,5)6/h8-9,12-13H,1,7,10-11H2,2-6H3. The van der Waals surface area contributed by atoms with Crippen molar-refractivity contribution in [3.05, 3.63) is 47.4 Å². The highest BCUT2D eigenvalue weighted by Crippen LogP contribution is 2.46. The summed E-state index contributed by atoms with van der Waals surface area (Å²) >= 11 is 0. The van der Waals surface area contributed by atoms with Gasteiger partial charge in [-0.2, -0.15) is 0 Å². The van der Waals surface area contributed by atoms with Gasteiger partial charge in [0.2, 0.25) is 0 Å². The Morgan fingerprint density at radius 1 is 1.05 bits per heavy atom. The largest absolute Gasteiger partial charge is 0.0839 e. The second-order valence-corrected chi connectivity index (χ2v) is 7.21. The number of allylic oxidation sites excluding steroid dienone is 1. The molecule has 0 fully saturated rings. The van der Waals surface area contributed by atoms with Gasteiger partial charge in [-0.15, -0.1) is 0 Å². The lowest BCUT2D eigenvalue weighted by molar-refractivity contribution is 0.331. The van der Waals surface area contributed by atoms with E-state index >= 15 is 0 Å². The molecule has 1 aliphatic rings. The molecule has 0 nitrogen and oxygen atoms in total. The lowest BCUT2D eigenvalue weighted by Crippen LogP contribution is -2.34. The molecule has 0 atom stereocenters. The van der Waals surface area contributed by atoms with Crippen molar-refractivity contribution in [2.24, 2.45) is 0 Å². The minimum atomic E-state index is 0.297. The second kappa shape index (κ2) is 4.81. The third-order valence-corrected chi connectivity index (χ3v) is 4.70. The van der Waals surface area contributed by atoms with Crippen LogP contribution < -0.4 is 0 Å². The summed E-state index contributed by atoms with van der Waals surface area (Å²) in [4.78, 5) is 0. The molecule has 19 heavy (non-hydrogen) atoms. The van der Waals surface area contributed by atoms with E-state index in [0.717, 1.165) is 6.42 Å². The first-order valence-electron chi connectivity index (χ1n) is 7.39. The Kier molecular flexibility index (Phi) is 3.64. The Labute approximate surface area is 118 Å². The molecule has 0 aromatic heterocycles. The topological polar surface area (TPSA) is 0 Å². The number of hydrogen-bond acceptors (Lipinski definition) is 0. The van der Waals surface area contributed by atoms with Crippen LogP contribution >= 0.6 is 0 Å². The van der Waals surface area contributed by atoms with Crippen LogP contribution in [0.4, 0.5) is 0 Å². The normalized spacial score (nSPS) is 20.5. The molecule has 0 amide bonds. The van der Waals surface area contributed by atoms with Crippen molar-refractivity contribution in [3.63, 3.8) is 0 Å². The van der Waals surface area contributed by atoms with Crippen molar-refractivity contribution >= 4 is 6.08 Å². The fraction of sp³-hybridized carbons (Fsp3) is 0.526. The van der Waals surface area contributed by atoms with Crippen LogP contribution in [0.1, 0.15) is 69.2 Å². The number of fused-ring (bicyclic) bond motifs is 1. The van der Waals surface area contributed by atoms with Crippen LogP contribution in [0.5, 0.6) is 0 Å². The van der Waals surface area contributed by atoms with E-state index in [2.05, 4.69) is 65.8 Å². The molecule has 2 rings (SSSR count). The van der Waals surface area contributed by atoms with Crippen molar-refractivity contribution in [1.29, 1.82) is 0 Å². The Morgan fingerprint density at radius 3 is 2.11 bits per heavy atom. The maximum absolute atomic E-state index is 3.88. The molecular weight excluding hydrogens is 228 g/mol. The second-order valence-electron chi connectivity index (χ2n) is 7.21. The van der Waals surface area contributed by atoms with E-state index in [1.165, 1.54) is 29.5 Å². The summed E-state index contributed by atoms with van der Waals surface area (Å²) in [5.74, 6) is 0. The first-order chi connectivity index (χ1) is 8.78. The van der Waals surface area contributed by atoms with Gasteiger partial charge in [-0.3, -0.25) is 0 Å². The van der Waals surface area contributed by atoms with Crippen LogP contribution in [-0.4, -0.2) is 0 Å². The molecule has 0 aliphatic heterocycles. The molecule has 1 aromatic carbocycles. The summed E-state index contributed by atoms with van der Waals surface area (Å²) in [7, 11) is 0. The zero-order chi connectivity index (χ0) is 14.3. The van der Waals surface area contributed by atoms with E-state index in [0.29, 0.717) is 10.8 Å². The number of benzene rings is 1. The molecule has 1 aromatic rings. The number of hydrogen-bond donors (Lipinski definition) is 0. The van der Waals surface area contributed by atoms with E-state index < -0.39 is 0 Å². The fourth-order valence-corrected chi connectivity index (χ4v) is 3.13. The van der Waals surface area contributed by atoms with Crippen molar-refractivity contribution in [3.8, 4) is 0 Å². The minimum Gasteiger partial charge on any atom is -0.0839 e. The molecular formula is C19H27. The smallest absolute Gasteiger partial charge is 0.0100 e. The fourth-order valence-electron chi connectivity index (χ4n) is 3.13. The highest BCUT2D eigenvalue weighted by Gasteiger charge is 2.37. The van der Waals surface area contributed by atoms with Gasteiger partial charge in [-0.05, 0) is 66.2 Å². The monoisotopic (exact) mass is 255 g/mol. The summed E-state index contributed by atoms with van der Waals surface area (Å²) in [5, 5.41) is 0. The van der Waals surface area contributed by atoms with Crippen molar-refractivity contribution in [1.82, 2.24) is 0 Å². The van der Waals surface area contributed by atoms with Gasteiger partial charge in [0, 0.05) is 0 Å². The van der Waals surface area contributed by atoms with E-state index in [1.54, 1.807) is 5.56 Å². The van der Waals surface area contributed by atoms with Gasteiger partial charge in [0.25, 0.3) is 0 Å². The summed E-state index contributed by atoms with van der Waals surface area (Å²) in [6.45, 7) is 15.6. The molecule has 1 aliphatic carbocycles. The Bertz CT molecular complexity index is 501. The Hall–Kier alpha value is -1.04. The van der Waals surface area contributed by atoms with Crippen LogP contribution in [0, 0.1) is 13.8 Å². The lowest BCUT2D eigenvalue weighted by Gasteiger charge is -2.42. The predicted octanol–water partition coefficient (Wildman–Crippen LogP) is 5.58. The van der Waals surface area contributed by atoms with Gasteiger partial charge in [-0.25, -0.2) is 0 Å². The average Bonchev–Trinajstić information content (AvgIpc) is 2.33. The third kappa shape index (κ3) is 2.63. The van der Waals surface area contributed by atoms with Crippen LogP contribution in [0.25, 0.3) is 6.08 Å². The Morgan fingerprint density at radius 2 is 1.58 bits per heavy atom. The van der Waals surface area contributed by atoms with Crippen LogP contribution in [0.15, 0.2) is 18.2 Å². The van der Waals surface area contributed by atoms with Crippen LogP contribution in [-0.2, 0) is 10.8 Å². The zero-order valence-electron chi connectivity index (χ0n) is 13.1. The quantitative estimate of drug-likeness (QED) is 0.647. The summed E-state index contributed by atoms with van der Waals surface area (Å²) in [5.41, 5.74) is 6.43. The maximum atomic E-state index is 3.88. The third-order valence-electron chi connectivity index (χ3n) is 4.70. The number of aryl methyl sites for hydroxylation is 1. The molecule has 0 unspecified atom stereocenters. The van der Waals surface area contributed by atoms with Crippen LogP contribution in [0.2, 0.25) is 0 Å². The number of rotatable bonds is 2. The van der Waals surface area contributed by atoms with E-state index in [9.17, 15) is 0 Å². The first kappa shape index (κ1) is 14.4. The van der Waals surface area contributed by atoms with Crippen molar-refractivity contribution in [2.75, 3.05) is 0 Å². The molecule has 0 spiro atoms. The van der Waals surface area contributed by atoms with Gasteiger partial charge >= 0.3 is 0 Å². The van der Waals surface area contributed by atoms with Crippen molar-refractivity contribution < 1.29 is 0 Å². The molecule has 103 valence electrons. The van der Waals surface area contributed by atoms with E-state index in [1.807, 2.05) is 0 Å². The molecule has 0 saturated carbocycles. The van der Waals surface area contributed by atoms with Gasteiger partial charge in [0.1, 0.15) is 0 Å². The molecule has 1 radical (unpaired) electrons. The molecule has 0 N–H and O–H groups in total. The SMILES string of the molecule is [CH2]CC=Cc1cc2c(cc1C)C(C)(C)CCC2(C)C. The summed E-state index contributed by atoms with van der Waals surface area (Å²) in [6, 6.07) is 4.83. The van der Waals surface area contributed by atoms with Gasteiger partial charge in [0.05, 0.1) is 0 Å².